The molecule has 0 aromatic heterocycles. The van der Waals surface area contributed by atoms with Gasteiger partial charge in [0.25, 0.3) is 0 Å². The van der Waals surface area contributed by atoms with E-state index >= 15 is 0 Å². The molecule has 2 fully saturated rings. The summed E-state index contributed by atoms with van der Waals surface area (Å²) >= 11 is 0. The van der Waals surface area contributed by atoms with Gasteiger partial charge in [0.1, 0.15) is 12.2 Å². The van der Waals surface area contributed by atoms with Gasteiger partial charge in [-0.3, -0.25) is 0 Å². The first-order valence-corrected chi connectivity index (χ1v) is 21.1. The Hall–Kier alpha value is -3.12. The molecule has 7 N–H and O–H groups in total. The Kier molecular flexibility index (Phi) is 19.5. The van der Waals surface area contributed by atoms with Crippen molar-refractivity contribution in [2.24, 2.45) is 41.2 Å². The zero-order valence-corrected chi connectivity index (χ0v) is 37.5. The highest BCUT2D eigenvalue weighted by Gasteiger charge is 2.52. The predicted octanol–water partition coefficient (Wildman–Crippen LogP) is 4.59. The van der Waals surface area contributed by atoms with E-state index in [4.69, 9.17) is 38.9 Å². The van der Waals surface area contributed by atoms with Gasteiger partial charge in [-0.2, -0.15) is 0 Å². The number of carbonyl (C=O) groups is 2. The van der Waals surface area contributed by atoms with Crippen LogP contribution in [0.2, 0.25) is 0 Å². The van der Waals surface area contributed by atoms with Gasteiger partial charge in [-0.05, 0) is 46.1 Å². The minimum absolute atomic E-state index is 0.0314. The number of amides is 1. The molecule has 0 aromatic rings. The summed E-state index contributed by atoms with van der Waals surface area (Å²) < 4.78 is 41.3. The van der Waals surface area contributed by atoms with E-state index in [2.05, 4.69) is 0 Å². The standard InChI is InChI=1S/C45H73NO14/c1-13-15-33-27(6)36(57-37-21-32(47)42(31(10)56-37)59-44(46)52)22-45(53,60-33)30(9)40(50)29(8)41-34(54-11)17-14-16-23(2)18-25(4)38(48)28(7)39(49)26(5)19-24(3)20-35(55-12)43(51)58-41/h13-17,19-20,25-34,36-42,47-50,53H,18,21-22H2,1-12H3,(H2,46,52)/b15-13+,17-14-,23-16-,24-19-,35-20+/t25-,26-,27-,28+,29+,30+,31-,32-,33-,34-,36-,37+,38+,39-,40-,41-,42-,45-/m1/s1. The highest BCUT2D eigenvalue weighted by atomic mass is 16.7. The normalized spacial score (nSPS) is 42.7. The first-order chi connectivity index (χ1) is 28.1. The molecular weight excluding hydrogens is 778 g/mol. The summed E-state index contributed by atoms with van der Waals surface area (Å²) in [6.45, 7) is 18.0. The van der Waals surface area contributed by atoms with Gasteiger partial charge in [0.15, 0.2) is 18.2 Å². The average Bonchev–Trinajstić information content (AvgIpc) is 3.18. The Balaban J connectivity index is 1.99. The lowest BCUT2D eigenvalue weighted by molar-refractivity contribution is -0.338. The molecular formula is C45H73NO14. The van der Waals surface area contributed by atoms with Crippen LogP contribution in [0, 0.1) is 35.5 Å². The maximum absolute atomic E-state index is 13.9. The second kappa shape index (κ2) is 22.8. The van der Waals surface area contributed by atoms with Gasteiger partial charge in [0.05, 0.1) is 49.8 Å². The second-order valence-electron chi connectivity index (χ2n) is 17.3. The summed E-state index contributed by atoms with van der Waals surface area (Å²) in [6.07, 6.45) is 1.54. The zero-order chi connectivity index (χ0) is 45.2. The van der Waals surface area contributed by atoms with E-state index in [1.807, 2.05) is 47.6 Å². The van der Waals surface area contributed by atoms with Gasteiger partial charge >= 0.3 is 12.1 Å². The van der Waals surface area contributed by atoms with Crippen molar-refractivity contribution in [1.29, 1.82) is 0 Å². The molecule has 0 bridgehead atoms. The molecule has 0 aromatic carbocycles. The third kappa shape index (κ3) is 13.2. The molecule has 18 atom stereocenters. The van der Waals surface area contributed by atoms with E-state index in [1.54, 1.807) is 58.1 Å². The van der Waals surface area contributed by atoms with E-state index < -0.39 is 103 Å². The molecule has 0 saturated carbocycles. The molecule has 3 rings (SSSR count). The fourth-order valence-corrected chi connectivity index (χ4v) is 8.64. The summed E-state index contributed by atoms with van der Waals surface area (Å²) in [5, 5.41) is 57.6. The third-order valence-electron chi connectivity index (χ3n) is 12.5. The minimum atomic E-state index is -1.97. The van der Waals surface area contributed by atoms with Crippen molar-refractivity contribution in [1.82, 2.24) is 0 Å². The highest BCUT2D eigenvalue weighted by molar-refractivity contribution is 5.87. The lowest BCUT2D eigenvalue weighted by atomic mass is 9.77. The fourth-order valence-electron chi connectivity index (χ4n) is 8.64. The summed E-state index contributed by atoms with van der Waals surface area (Å²) in [5.74, 6) is -6.06. The molecule has 15 nitrogen and oxygen atoms in total. The zero-order valence-electron chi connectivity index (χ0n) is 37.5. The van der Waals surface area contributed by atoms with Gasteiger partial charge in [0, 0.05) is 49.5 Å². The fraction of sp³-hybridized carbons (Fsp3) is 0.733. The van der Waals surface area contributed by atoms with Crippen LogP contribution in [-0.4, -0.2) is 125 Å². The number of esters is 1. The molecule has 0 spiro atoms. The van der Waals surface area contributed by atoms with Crippen molar-refractivity contribution >= 4 is 12.1 Å². The molecule has 3 aliphatic rings. The Morgan fingerprint density at radius 2 is 1.72 bits per heavy atom. The van der Waals surface area contributed by atoms with Gasteiger partial charge in [-0.1, -0.05) is 89.1 Å². The van der Waals surface area contributed by atoms with Gasteiger partial charge in [-0.15, -0.1) is 0 Å². The lowest BCUT2D eigenvalue weighted by Crippen LogP contribution is -2.59. The number of hydrogen-bond acceptors (Lipinski definition) is 14. The highest BCUT2D eigenvalue weighted by Crippen LogP contribution is 2.42. The summed E-state index contributed by atoms with van der Waals surface area (Å²) in [4.78, 5) is 25.3. The topological polar surface area (TPSA) is 226 Å². The number of allylic oxidation sites excluding steroid dienone is 6. The molecule has 0 unspecified atom stereocenters. The quantitative estimate of drug-likeness (QED) is 0.131. The largest absolute Gasteiger partial charge is 0.490 e. The number of hydrogen-bond donors (Lipinski definition) is 6. The van der Waals surface area contributed by atoms with Gasteiger partial charge < -0.3 is 64.4 Å². The van der Waals surface area contributed by atoms with Crippen LogP contribution in [0.1, 0.15) is 88.5 Å². The van der Waals surface area contributed by atoms with Crippen LogP contribution in [0.25, 0.3) is 0 Å². The predicted molar refractivity (Wildman–Crippen MR) is 224 cm³/mol. The Morgan fingerprint density at radius 1 is 1.05 bits per heavy atom. The number of cyclic esters (lactones) is 1. The number of rotatable bonds is 10. The Bertz CT molecular complexity index is 1550. The van der Waals surface area contributed by atoms with Gasteiger partial charge in [-0.25, -0.2) is 9.59 Å². The molecule has 3 heterocycles. The number of ether oxygens (including phenoxy) is 7. The van der Waals surface area contributed by atoms with Gasteiger partial charge in [0.2, 0.25) is 5.76 Å². The van der Waals surface area contributed by atoms with Crippen molar-refractivity contribution in [2.75, 3.05) is 14.2 Å². The van der Waals surface area contributed by atoms with E-state index in [0.29, 0.717) is 12.0 Å². The number of primary amides is 1. The van der Waals surface area contributed by atoms with Crippen molar-refractivity contribution in [3.63, 3.8) is 0 Å². The molecule has 60 heavy (non-hydrogen) atoms. The first kappa shape index (κ1) is 51.2. The first-order valence-electron chi connectivity index (χ1n) is 21.1. The molecule has 0 radical (unpaired) electrons. The molecule has 15 heteroatoms. The molecule has 342 valence electrons. The lowest BCUT2D eigenvalue weighted by Gasteiger charge is -2.49. The average molecular weight is 852 g/mol. The van der Waals surface area contributed by atoms with Crippen molar-refractivity contribution < 1.29 is 68.3 Å². The van der Waals surface area contributed by atoms with E-state index in [1.165, 1.54) is 20.3 Å². The van der Waals surface area contributed by atoms with Crippen molar-refractivity contribution in [2.45, 2.75) is 162 Å². The molecule has 3 aliphatic heterocycles. The smallest absolute Gasteiger partial charge is 0.404 e. The van der Waals surface area contributed by atoms with E-state index in [-0.39, 0.29) is 36.4 Å². The number of carbonyl (C=O) groups excluding carboxylic acids is 2. The number of nitrogens with two attached hydrogens (primary N) is 1. The monoisotopic (exact) mass is 852 g/mol. The molecule has 0 aliphatic carbocycles. The number of methoxy groups -OCH3 is 2. The van der Waals surface area contributed by atoms with Crippen LogP contribution < -0.4 is 5.73 Å². The number of aliphatic hydroxyl groups excluding tert-OH is 4. The Morgan fingerprint density at radius 3 is 2.30 bits per heavy atom. The SMILES string of the molecule is C/C=C/[C@H]1O[C@@](O)([C@@H](C)[C@H](O)[C@H](C)[C@H]2OC(=O)/C(OC)=C\C(C)=C/[C@@H](C)[C@@H](O)[C@@H](C)[C@@H](O)[C@H](C)C/C(C)=C\C=C/[C@H]2OC)C[C@@H](O[C@H]2C[C@@H](O)[C@H](OC(N)=O)[C@@H](C)O2)[C@@H]1C. The van der Waals surface area contributed by atoms with Crippen molar-refractivity contribution in [3.05, 3.63) is 59.4 Å². The van der Waals surface area contributed by atoms with Crippen molar-refractivity contribution in [3.8, 4) is 0 Å². The van der Waals surface area contributed by atoms with Crippen LogP contribution in [0.4, 0.5) is 4.79 Å². The van der Waals surface area contributed by atoms with Crippen LogP contribution in [0.15, 0.2) is 59.4 Å². The number of aliphatic hydroxyl groups is 5. The summed E-state index contributed by atoms with van der Waals surface area (Å²) in [6, 6.07) is 0. The second-order valence-corrected chi connectivity index (χ2v) is 17.3. The minimum Gasteiger partial charge on any atom is -0.490 e. The maximum Gasteiger partial charge on any atom is 0.404 e. The van der Waals surface area contributed by atoms with Crippen LogP contribution >= 0.6 is 0 Å². The Labute approximate surface area is 356 Å². The summed E-state index contributed by atoms with van der Waals surface area (Å²) in [5.41, 5.74) is 6.76. The van der Waals surface area contributed by atoms with Crippen LogP contribution in [-0.2, 0) is 38.0 Å². The van der Waals surface area contributed by atoms with E-state index in [9.17, 15) is 35.1 Å². The van der Waals surface area contributed by atoms with Crippen LogP contribution in [0.5, 0.6) is 0 Å². The third-order valence-corrected chi connectivity index (χ3v) is 12.5. The maximum atomic E-state index is 13.9. The summed E-state index contributed by atoms with van der Waals surface area (Å²) in [7, 11) is 2.80. The van der Waals surface area contributed by atoms with E-state index in [0.717, 1.165) is 5.57 Å². The molecule has 2 saturated heterocycles. The molecule has 1 amide bonds. The van der Waals surface area contributed by atoms with Crippen LogP contribution in [0.3, 0.4) is 0 Å².